The van der Waals surface area contributed by atoms with Gasteiger partial charge in [-0.25, -0.2) is 9.78 Å². The molecule has 2 rings (SSSR count). The second kappa shape index (κ2) is 3.15. The summed E-state index contributed by atoms with van der Waals surface area (Å²) in [6.07, 6.45) is 0. The zero-order valence-electron chi connectivity index (χ0n) is 6.71. The number of nitrogens with zero attached hydrogens (tertiary/aromatic N) is 1. The Bertz CT molecular complexity index is 521. The lowest BCUT2D eigenvalue weighted by Gasteiger charge is -1.96. The normalized spacial score (nSPS) is 10.7. The van der Waals surface area contributed by atoms with Crippen LogP contribution in [0.4, 0.5) is 0 Å². The number of nitrogens with one attached hydrogen (secondary N) is 1. The summed E-state index contributed by atoms with van der Waals surface area (Å²) >= 11 is 11.4. The maximum absolute atomic E-state index is 10.7. The Morgan fingerprint density at radius 1 is 1.43 bits per heavy atom. The van der Waals surface area contributed by atoms with E-state index in [1.165, 1.54) is 12.1 Å². The first-order valence-electron chi connectivity index (χ1n) is 3.66. The predicted octanol–water partition coefficient (Wildman–Crippen LogP) is 2.57. The summed E-state index contributed by atoms with van der Waals surface area (Å²) in [6.45, 7) is 0. The first-order chi connectivity index (χ1) is 6.58. The third-order valence-electron chi connectivity index (χ3n) is 1.76. The number of hydrogen-bond acceptors (Lipinski definition) is 2. The molecular weight excluding hydrogens is 227 g/mol. The topological polar surface area (TPSA) is 66.0 Å². The number of aromatic carboxylic acids is 1. The summed E-state index contributed by atoms with van der Waals surface area (Å²) in [7, 11) is 0. The Balaban J connectivity index is 2.77. The van der Waals surface area contributed by atoms with Crippen LogP contribution in [-0.4, -0.2) is 21.0 Å². The van der Waals surface area contributed by atoms with Crippen LogP contribution < -0.4 is 0 Å². The van der Waals surface area contributed by atoms with Gasteiger partial charge in [0.15, 0.2) is 0 Å². The largest absolute Gasteiger partial charge is 0.478 e. The second-order valence-electron chi connectivity index (χ2n) is 2.69. The fourth-order valence-corrected chi connectivity index (χ4v) is 1.62. The van der Waals surface area contributed by atoms with Crippen molar-refractivity contribution in [2.24, 2.45) is 0 Å². The third kappa shape index (κ3) is 1.42. The molecule has 0 saturated heterocycles. The molecule has 1 aromatic carbocycles. The van der Waals surface area contributed by atoms with Crippen LogP contribution in [0.1, 0.15) is 10.4 Å². The van der Waals surface area contributed by atoms with Gasteiger partial charge in [-0.05, 0) is 23.7 Å². The van der Waals surface area contributed by atoms with E-state index in [9.17, 15) is 4.79 Å². The van der Waals surface area contributed by atoms with Crippen molar-refractivity contribution in [1.82, 2.24) is 9.97 Å². The molecule has 0 aliphatic rings. The number of carbonyl (C=O) groups is 1. The van der Waals surface area contributed by atoms with Gasteiger partial charge in [0, 0.05) is 0 Å². The van der Waals surface area contributed by atoms with Gasteiger partial charge in [-0.3, -0.25) is 0 Å². The highest BCUT2D eigenvalue weighted by Crippen LogP contribution is 2.24. The van der Waals surface area contributed by atoms with Gasteiger partial charge in [-0.2, -0.15) is 0 Å². The first-order valence-corrected chi connectivity index (χ1v) is 4.41. The van der Waals surface area contributed by atoms with Crippen molar-refractivity contribution in [3.8, 4) is 0 Å². The molecular formula is C8H4Cl2N2O2. The smallest absolute Gasteiger partial charge is 0.335 e. The maximum Gasteiger partial charge on any atom is 0.335 e. The van der Waals surface area contributed by atoms with Crippen molar-refractivity contribution in [3.05, 3.63) is 28.0 Å². The molecule has 0 atom stereocenters. The van der Waals surface area contributed by atoms with Crippen molar-refractivity contribution in [2.75, 3.05) is 0 Å². The lowest BCUT2D eigenvalue weighted by atomic mass is 10.2. The van der Waals surface area contributed by atoms with E-state index in [1.807, 2.05) is 0 Å². The molecule has 0 saturated carbocycles. The number of benzene rings is 1. The van der Waals surface area contributed by atoms with Gasteiger partial charge >= 0.3 is 5.97 Å². The molecule has 1 aromatic heterocycles. The summed E-state index contributed by atoms with van der Waals surface area (Å²) in [6, 6.07) is 2.77. The minimum atomic E-state index is -1.04. The maximum atomic E-state index is 10.7. The van der Waals surface area contributed by atoms with Crippen LogP contribution in [0.3, 0.4) is 0 Å². The van der Waals surface area contributed by atoms with E-state index in [0.717, 1.165) is 0 Å². The van der Waals surface area contributed by atoms with Crippen LogP contribution in [0.25, 0.3) is 11.0 Å². The molecule has 14 heavy (non-hydrogen) atoms. The molecule has 0 spiro atoms. The van der Waals surface area contributed by atoms with E-state index in [4.69, 9.17) is 28.3 Å². The van der Waals surface area contributed by atoms with Crippen molar-refractivity contribution >= 4 is 40.2 Å². The number of rotatable bonds is 1. The number of carboxylic acids is 1. The zero-order valence-corrected chi connectivity index (χ0v) is 8.23. The molecule has 0 fully saturated rings. The Morgan fingerprint density at radius 2 is 2.14 bits per heavy atom. The molecule has 72 valence electrons. The number of carboxylic acid groups (broad SMARTS) is 1. The number of hydrogen-bond donors (Lipinski definition) is 2. The molecule has 2 aromatic rings. The molecule has 0 bridgehead atoms. The molecule has 0 amide bonds. The molecule has 0 unspecified atom stereocenters. The highest BCUT2D eigenvalue weighted by atomic mass is 35.5. The minimum Gasteiger partial charge on any atom is -0.478 e. The fraction of sp³-hybridized carbons (Fsp3) is 0. The van der Waals surface area contributed by atoms with Crippen molar-refractivity contribution in [2.45, 2.75) is 0 Å². The van der Waals surface area contributed by atoms with E-state index in [1.54, 1.807) is 0 Å². The van der Waals surface area contributed by atoms with Crippen molar-refractivity contribution < 1.29 is 9.90 Å². The van der Waals surface area contributed by atoms with E-state index in [2.05, 4.69) is 9.97 Å². The monoisotopic (exact) mass is 230 g/mol. The first kappa shape index (κ1) is 9.30. The zero-order chi connectivity index (χ0) is 10.3. The molecule has 1 heterocycles. The summed E-state index contributed by atoms with van der Waals surface area (Å²) in [4.78, 5) is 17.3. The summed E-state index contributed by atoms with van der Waals surface area (Å²) in [5, 5.41) is 9.20. The van der Waals surface area contributed by atoms with Crippen molar-refractivity contribution in [1.29, 1.82) is 0 Å². The molecule has 4 nitrogen and oxygen atoms in total. The second-order valence-corrected chi connectivity index (χ2v) is 3.45. The molecule has 0 aliphatic carbocycles. The molecule has 2 N–H and O–H groups in total. The number of fused-ring (bicyclic) bond motifs is 1. The average molecular weight is 231 g/mol. The Hall–Kier alpha value is -1.26. The fourth-order valence-electron chi connectivity index (χ4n) is 1.17. The lowest BCUT2D eigenvalue weighted by Crippen LogP contribution is -1.95. The van der Waals surface area contributed by atoms with E-state index in [0.29, 0.717) is 11.0 Å². The Labute approximate surface area is 88.5 Å². The summed E-state index contributed by atoms with van der Waals surface area (Å²) in [5.41, 5.74) is 1.09. The van der Waals surface area contributed by atoms with E-state index >= 15 is 0 Å². The molecule has 0 aliphatic heterocycles. The minimum absolute atomic E-state index is 0.0998. The standard InChI is InChI=1S/C8H4Cl2N2O2/c9-4-1-3(7(13)14)2-5-6(4)12-8(10)11-5/h1-2H,(H,11,12)(H,13,14). The highest BCUT2D eigenvalue weighted by Gasteiger charge is 2.10. The van der Waals surface area contributed by atoms with Gasteiger partial charge in [-0.15, -0.1) is 0 Å². The predicted molar refractivity (Wildman–Crippen MR) is 53.1 cm³/mol. The lowest BCUT2D eigenvalue weighted by molar-refractivity contribution is 0.0697. The number of aromatic nitrogens is 2. The van der Waals surface area contributed by atoms with Crippen LogP contribution in [-0.2, 0) is 0 Å². The molecule has 0 radical (unpaired) electrons. The SMILES string of the molecule is O=C(O)c1cc(Cl)c2nc(Cl)[nH]c2c1. The highest BCUT2D eigenvalue weighted by molar-refractivity contribution is 6.36. The average Bonchev–Trinajstić information content (AvgIpc) is 2.45. The van der Waals surface area contributed by atoms with Crippen LogP contribution in [0.2, 0.25) is 10.3 Å². The van der Waals surface area contributed by atoms with Gasteiger partial charge in [0.2, 0.25) is 5.28 Å². The van der Waals surface area contributed by atoms with Crippen molar-refractivity contribution in [3.63, 3.8) is 0 Å². The van der Waals surface area contributed by atoms with Gasteiger partial charge in [-0.1, -0.05) is 11.6 Å². The van der Waals surface area contributed by atoms with E-state index < -0.39 is 5.97 Å². The van der Waals surface area contributed by atoms with Crippen LogP contribution >= 0.6 is 23.2 Å². The van der Waals surface area contributed by atoms with E-state index in [-0.39, 0.29) is 15.9 Å². The Morgan fingerprint density at radius 3 is 2.79 bits per heavy atom. The quantitative estimate of drug-likeness (QED) is 0.792. The van der Waals surface area contributed by atoms with Gasteiger partial charge in [0.05, 0.1) is 16.1 Å². The van der Waals surface area contributed by atoms with Gasteiger partial charge < -0.3 is 10.1 Å². The molecule has 6 heteroatoms. The van der Waals surface area contributed by atoms with Gasteiger partial charge in [0.1, 0.15) is 5.52 Å². The van der Waals surface area contributed by atoms with Gasteiger partial charge in [0.25, 0.3) is 0 Å². The number of H-pyrrole nitrogens is 1. The third-order valence-corrected chi connectivity index (χ3v) is 2.23. The number of halogens is 2. The summed E-state index contributed by atoms with van der Waals surface area (Å²) in [5.74, 6) is -1.04. The summed E-state index contributed by atoms with van der Waals surface area (Å²) < 4.78 is 0. The van der Waals surface area contributed by atoms with Crippen LogP contribution in [0.5, 0.6) is 0 Å². The number of imidazole rings is 1. The van der Waals surface area contributed by atoms with Crippen LogP contribution in [0, 0.1) is 0 Å². The van der Waals surface area contributed by atoms with Crippen LogP contribution in [0.15, 0.2) is 12.1 Å². The number of aromatic amines is 1. The Kier molecular flexibility index (Phi) is 2.09.